The molecule has 2 heteroatoms. The Morgan fingerprint density at radius 1 is 1.07 bits per heavy atom. The van der Waals surface area contributed by atoms with Crippen molar-refractivity contribution in [2.75, 3.05) is 13.1 Å². The standard InChI is InChI=1S/C13H26N2/c1-9(2)12-8-15(11-5-6-11)13(7-14-12)10(3)4/h9-14H,5-8H2,1-4H3. The molecule has 0 bridgehead atoms. The molecule has 2 atom stereocenters. The fourth-order valence-corrected chi connectivity index (χ4v) is 2.71. The second kappa shape index (κ2) is 4.42. The Balaban J connectivity index is 1.99. The SMILES string of the molecule is CC(C)C1CN(C2CC2)C(C(C)C)CN1. The number of hydrogen-bond donors (Lipinski definition) is 1. The zero-order valence-corrected chi connectivity index (χ0v) is 10.7. The predicted molar refractivity (Wildman–Crippen MR) is 65.0 cm³/mol. The molecular weight excluding hydrogens is 184 g/mol. The summed E-state index contributed by atoms with van der Waals surface area (Å²) >= 11 is 0. The van der Waals surface area contributed by atoms with E-state index in [0.29, 0.717) is 6.04 Å². The quantitative estimate of drug-likeness (QED) is 0.767. The Morgan fingerprint density at radius 3 is 2.20 bits per heavy atom. The minimum Gasteiger partial charge on any atom is -0.311 e. The van der Waals surface area contributed by atoms with Gasteiger partial charge in [0.2, 0.25) is 0 Å². The summed E-state index contributed by atoms with van der Waals surface area (Å²) in [7, 11) is 0. The molecular formula is C13H26N2. The highest BCUT2D eigenvalue weighted by atomic mass is 15.3. The Labute approximate surface area is 94.4 Å². The molecule has 0 spiro atoms. The van der Waals surface area contributed by atoms with Crippen molar-refractivity contribution in [3.8, 4) is 0 Å². The maximum atomic E-state index is 3.72. The van der Waals surface area contributed by atoms with Gasteiger partial charge in [0, 0.05) is 31.2 Å². The van der Waals surface area contributed by atoms with Crippen molar-refractivity contribution in [1.82, 2.24) is 10.2 Å². The largest absolute Gasteiger partial charge is 0.311 e. The van der Waals surface area contributed by atoms with Crippen LogP contribution in [0.3, 0.4) is 0 Å². The van der Waals surface area contributed by atoms with Gasteiger partial charge in [-0.1, -0.05) is 27.7 Å². The van der Waals surface area contributed by atoms with Gasteiger partial charge < -0.3 is 5.32 Å². The van der Waals surface area contributed by atoms with Gasteiger partial charge in [-0.3, -0.25) is 4.90 Å². The van der Waals surface area contributed by atoms with Crippen LogP contribution in [0.1, 0.15) is 40.5 Å². The van der Waals surface area contributed by atoms with Gasteiger partial charge in [0.15, 0.2) is 0 Å². The average molecular weight is 210 g/mol. The highest BCUT2D eigenvalue weighted by Crippen LogP contribution is 2.32. The molecule has 2 rings (SSSR count). The number of hydrogen-bond acceptors (Lipinski definition) is 2. The van der Waals surface area contributed by atoms with E-state index in [2.05, 4.69) is 37.9 Å². The van der Waals surface area contributed by atoms with Crippen LogP contribution in [0, 0.1) is 11.8 Å². The van der Waals surface area contributed by atoms with Crippen LogP contribution in [0.15, 0.2) is 0 Å². The molecule has 1 aliphatic heterocycles. The third kappa shape index (κ3) is 2.54. The second-order valence-corrected chi connectivity index (χ2v) is 6.00. The van der Waals surface area contributed by atoms with Gasteiger partial charge in [0.05, 0.1) is 0 Å². The van der Waals surface area contributed by atoms with Gasteiger partial charge in [-0.15, -0.1) is 0 Å². The minimum atomic E-state index is 0.709. The van der Waals surface area contributed by atoms with Gasteiger partial charge in [-0.05, 0) is 24.7 Å². The first kappa shape index (κ1) is 11.4. The summed E-state index contributed by atoms with van der Waals surface area (Å²) in [5.74, 6) is 1.55. The van der Waals surface area contributed by atoms with Gasteiger partial charge >= 0.3 is 0 Å². The number of piperazine rings is 1. The molecule has 2 unspecified atom stereocenters. The van der Waals surface area contributed by atoms with Crippen molar-refractivity contribution in [3.05, 3.63) is 0 Å². The van der Waals surface area contributed by atoms with Crippen LogP contribution >= 0.6 is 0 Å². The summed E-state index contributed by atoms with van der Waals surface area (Å²) in [5.41, 5.74) is 0. The fourth-order valence-electron chi connectivity index (χ4n) is 2.71. The first-order chi connectivity index (χ1) is 7.09. The maximum absolute atomic E-state index is 3.72. The minimum absolute atomic E-state index is 0.709. The molecule has 1 saturated heterocycles. The van der Waals surface area contributed by atoms with Crippen LogP contribution in [0.4, 0.5) is 0 Å². The van der Waals surface area contributed by atoms with E-state index < -0.39 is 0 Å². The molecule has 1 saturated carbocycles. The molecule has 1 N–H and O–H groups in total. The summed E-state index contributed by atoms with van der Waals surface area (Å²) < 4.78 is 0. The molecule has 2 nitrogen and oxygen atoms in total. The number of nitrogens with zero attached hydrogens (tertiary/aromatic N) is 1. The van der Waals surface area contributed by atoms with Crippen LogP contribution in [0.2, 0.25) is 0 Å². The van der Waals surface area contributed by atoms with Crippen molar-refractivity contribution in [2.24, 2.45) is 11.8 Å². The number of nitrogens with one attached hydrogen (secondary N) is 1. The molecule has 15 heavy (non-hydrogen) atoms. The van der Waals surface area contributed by atoms with Crippen LogP contribution < -0.4 is 5.32 Å². The third-order valence-electron chi connectivity index (χ3n) is 4.01. The van der Waals surface area contributed by atoms with Crippen molar-refractivity contribution in [2.45, 2.75) is 58.7 Å². The van der Waals surface area contributed by atoms with Crippen LogP contribution in [0.5, 0.6) is 0 Å². The molecule has 0 aromatic rings. The van der Waals surface area contributed by atoms with Crippen LogP contribution in [-0.4, -0.2) is 36.1 Å². The molecule has 2 aliphatic rings. The van der Waals surface area contributed by atoms with Crippen molar-refractivity contribution < 1.29 is 0 Å². The van der Waals surface area contributed by atoms with E-state index in [1.807, 2.05) is 0 Å². The topological polar surface area (TPSA) is 15.3 Å². The zero-order valence-electron chi connectivity index (χ0n) is 10.7. The summed E-state index contributed by atoms with van der Waals surface area (Å²) in [5, 5.41) is 3.72. The second-order valence-electron chi connectivity index (χ2n) is 6.00. The molecule has 2 fully saturated rings. The molecule has 1 heterocycles. The van der Waals surface area contributed by atoms with E-state index in [1.54, 1.807) is 0 Å². The maximum Gasteiger partial charge on any atom is 0.0247 e. The monoisotopic (exact) mass is 210 g/mol. The fraction of sp³-hybridized carbons (Fsp3) is 1.00. The van der Waals surface area contributed by atoms with Gasteiger partial charge in [0.1, 0.15) is 0 Å². The smallest absolute Gasteiger partial charge is 0.0247 e. The highest BCUT2D eigenvalue weighted by molar-refractivity contribution is 4.96. The lowest BCUT2D eigenvalue weighted by Gasteiger charge is -2.44. The van der Waals surface area contributed by atoms with E-state index in [1.165, 1.54) is 25.9 Å². The lowest BCUT2D eigenvalue weighted by Crippen LogP contribution is -2.60. The van der Waals surface area contributed by atoms with Crippen LogP contribution in [0.25, 0.3) is 0 Å². The molecule has 88 valence electrons. The molecule has 0 radical (unpaired) electrons. The zero-order chi connectivity index (χ0) is 11.0. The van der Waals surface area contributed by atoms with Crippen molar-refractivity contribution in [1.29, 1.82) is 0 Å². The van der Waals surface area contributed by atoms with E-state index in [-0.39, 0.29) is 0 Å². The lowest BCUT2D eigenvalue weighted by atomic mass is 9.94. The van der Waals surface area contributed by atoms with Crippen molar-refractivity contribution >= 4 is 0 Å². The highest BCUT2D eigenvalue weighted by Gasteiger charge is 2.39. The molecule has 0 amide bonds. The summed E-state index contributed by atoms with van der Waals surface area (Å²) in [4.78, 5) is 2.78. The van der Waals surface area contributed by atoms with Gasteiger partial charge in [-0.2, -0.15) is 0 Å². The van der Waals surface area contributed by atoms with Crippen LogP contribution in [-0.2, 0) is 0 Å². The van der Waals surface area contributed by atoms with Gasteiger partial charge in [0.25, 0.3) is 0 Å². The first-order valence-electron chi connectivity index (χ1n) is 6.58. The average Bonchev–Trinajstić information content (AvgIpc) is 2.99. The normalized spacial score (nSPS) is 34.0. The Hall–Kier alpha value is -0.0800. The lowest BCUT2D eigenvalue weighted by molar-refractivity contribution is 0.0779. The first-order valence-corrected chi connectivity index (χ1v) is 6.58. The third-order valence-corrected chi connectivity index (χ3v) is 4.01. The van der Waals surface area contributed by atoms with E-state index >= 15 is 0 Å². The van der Waals surface area contributed by atoms with E-state index in [9.17, 15) is 0 Å². The molecule has 1 aliphatic carbocycles. The number of rotatable bonds is 3. The summed E-state index contributed by atoms with van der Waals surface area (Å²) in [6.45, 7) is 11.8. The Bertz CT molecular complexity index is 209. The van der Waals surface area contributed by atoms with E-state index in [0.717, 1.165) is 23.9 Å². The Kier molecular flexibility index (Phi) is 3.36. The Morgan fingerprint density at radius 2 is 1.73 bits per heavy atom. The summed E-state index contributed by atoms with van der Waals surface area (Å²) in [6.07, 6.45) is 2.88. The van der Waals surface area contributed by atoms with E-state index in [4.69, 9.17) is 0 Å². The van der Waals surface area contributed by atoms with Crippen molar-refractivity contribution in [3.63, 3.8) is 0 Å². The van der Waals surface area contributed by atoms with Gasteiger partial charge in [-0.25, -0.2) is 0 Å². The summed E-state index contributed by atoms with van der Waals surface area (Å²) in [6, 6.07) is 2.40. The predicted octanol–water partition coefficient (Wildman–Crippen LogP) is 2.10. The molecule has 0 aromatic heterocycles. The molecule has 0 aromatic carbocycles.